The van der Waals surface area contributed by atoms with Crippen molar-refractivity contribution in [2.24, 2.45) is 11.3 Å². The minimum atomic E-state index is -4.52. The Morgan fingerprint density at radius 1 is 1.09 bits per heavy atom. The van der Waals surface area contributed by atoms with Gasteiger partial charge in [-0.15, -0.1) is 0 Å². The first kappa shape index (κ1) is 34.8. The third-order valence-corrected chi connectivity index (χ3v) is 8.98. The highest BCUT2D eigenvalue weighted by atomic mass is 19.4. The molecule has 10 heteroatoms. The standard InChI is InChI=1S/C35H46F3NO6/c1-8-43-33(41)30-28(34(4,5)6)31(45-20-22(3)25-19-23(35(36,37)38)16-17-26(25)42-7)29(24-14-10-9-13-21(24)2)39(30)32(40)27-15-11-12-18-44-27/h9-10,13-14,16-17,19,22,27-31H,8,11-12,15,18,20H2,1-7H3/t22-,27+,28-,29+,30+,31+/m1/s1. The van der Waals surface area contributed by atoms with Crippen LogP contribution in [0.2, 0.25) is 0 Å². The van der Waals surface area contributed by atoms with Crippen molar-refractivity contribution in [1.29, 1.82) is 0 Å². The molecule has 1 amide bonds. The highest BCUT2D eigenvalue weighted by Crippen LogP contribution is 2.51. The van der Waals surface area contributed by atoms with Crippen molar-refractivity contribution in [2.75, 3.05) is 26.9 Å². The Morgan fingerprint density at radius 3 is 2.38 bits per heavy atom. The van der Waals surface area contributed by atoms with Crippen LogP contribution in [-0.2, 0) is 30.0 Å². The molecule has 7 nitrogen and oxygen atoms in total. The fourth-order valence-corrected chi connectivity index (χ4v) is 6.79. The number of methoxy groups -OCH3 is 1. The topological polar surface area (TPSA) is 74.3 Å². The van der Waals surface area contributed by atoms with Crippen LogP contribution in [0, 0.1) is 18.3 Å². The summed E-state index contributed by atoms with van der Waals surface area (Å²) in [6.07, 6.45) is -3.66. The van der Waals surface area contributed by atoms with Gasteiger partial charge in [-0.25, -0.2) is 4.79 Å². The molecule has 2 fully saturated rings. The molecule has 0 N–H and O–H groups in total. The Morgan fingerprint density at radius 2 is 1.80 bits per heavy atom. The van der Waals surface area contributed by atoms with Crippen molar-refractivity contribution >= 4 is 11.9 Å². The lowest BCUT2D eigenvalue weighted by Gasteiger charge is -2.36. The van der Waals surface area contributed by atoms with E-state index in [9.17, 15) is 22.8 Å². The van der Waals surface area contributed by atoms with Gasteiger partial charge in [0.2, 0.25) is 0 Å². The fraction of sp³-hybridized carbons (Fsp3) is 0.600. The average Bonchev–Trinajstić information content (AvgIpc) is 3.35. The summed E-state index contributed by atoms with van der Waals surface area (Å²) in [5.41, 5.74) is 0.793. The van der Waals surface area contributed by atoms with Gasteiger partial charge in [-0.2, -0.15) is 13.2 Å². The molecule has 2 saturated heterocycles. The van der Waals surface area contributed by atoms with Crippen LogP contribution in [0.15, 0.2) is 42.5 Å². The number of likely N-dealkylation sites (tertiary alicyclic amines) is 1. The van der Waals surface area contributed by atoms with Gasteiger partial charge < -0.3 is 23.8 Å². The zero-order valence-electron chi connectivity index (χ0n) is 27.3. The Balaban J connectivity index is 1.82. The van der Waals surface area contributed by atoms with Gasteiger partial charge in [0.25, 0.3) is 5.91 Å². The molecule has 0 aliphatic carbocycles. The van der Waals surface area contributed by atoms with Gasteiger partial charge in [-0.1, -0.05) is 52.0 Å². The highest BCUT2D eigenvalue weighted by Gasteiger charge is 2.60. The quantitative estimate of drug-likeness (QED) is 0.271. The number of hydrogen-bond acceptors (Lipinski definition) is 6. The molecule has 2 aliphatic rings. The summed E-state index contributed by atoms with van der Waals surface area (Å²) in [6.45, 7) is 12.1. The molecular weight excluding hydrogens is 587 g/mol. The number of carbonyl (C=O) groups is 2. The second-order valence-electron chi connectivity index (χ2n) is 13.1. The van der Waals surface area contributed by atoms with Gasteiger partial charge in [-0.05, 0) is 73.4 Å². The summed E-state index contributed by atoms with van der Waals surface area (Å²) in [5.74, 6) is -1.49. The molecule has 2 aromatic carbocycles. The largest absolute Gasteiger partial charge is 0.496 e. The summed E-state index contributed by atoms with van der Waals surface area (Å²) in [6, 6.07) is 9.47. The maximum atomic E-state index is 14.4. The van der Waals surface area contributed by atoms with E-state index in [1.165, 1.54) is 13.2 Å². The molecule has 6 atom stereocenters. The number of nitrogens with zero attached hydrogens (tertiary/aromatic N) is 1. The molecule has 0 saturated carbocycles. The van der Waals surface area contributed by atoms with Crippen molar-refractivity contribution < 1.29 is 41.7 Å². The van der Waals surface area contributed by atoms with E-state index >= 15 is 0 Å². The molecule has 0 bridgehead atoms. The van der Waals surface area contributed by atoms with E-state index in [0.717, 1.165) is 36.1 Å². The third kappa shape index (κ3) is 7.49. The van der Waals surface area contributed by atoms with E-state index < -0.39 is 59.3 Å². The zero-order valence-corrected chi connectivity index (χ0v) is 27.3. The Labute approximate surface area is 264 Å². The lowest BCUT2D eigenvalue weighted by atomic mass is 9.73. The van der Waals surface area contributed by atoms with E-state index in [0.29, 0.717) is 24.3 Å². The minimum Gasteiger partial charge on any atom is -0.496 e. The van der Waals surface area contributed by atoms with Crippen molar-refractivity contribution in [2.45, 2.75) is 97.2 Å². The average molecular weight is 634 g/mol. The van der Waals surface area contributed by atoms with Crippen LogP contribution in [0.25, 0.3) is 0 Å². The number of carbonyl (C=O) groups excluding carboxylic acids is 2. The van der Waals surface area contributed by atoms with Crippen molar-refractivity contribution in [1.82, 2.24) is 4.90 Å². The van der Waals surface area contributed by atoms with E-state index in [-0.39, 0.29) is 19.1 Å². The van der Waals surface area contributed by atoms with Crippen LogP contribution in [0.3, 0.4) is 0 Å². The molecule has 0 radical (unpaired) electrons. The summed E-state index contributed by atoms with van der Waals surface area (Å²) in [5, 5.41) is 0. The van der Waals surface area contributed by atoms with Crippen LogP contribution in [0.5, 0.6) is 5.75 Å². The first-order valence-electron chi connectivity index (χ1n) is 15.7. The Kier molecular flexibility index (Phi) is 10.9. The number of benzene rings is 2. The summed E-state index contributed by atoms with van der Waals surface area (Å²) < 4.78 is 64.7. The maximum absolute atomic E-state index is 14.4. The molecule has 2 aromatic rings. The smallest absolute Gasteiger partial charge is 0.416 e. The zero-order chi connectivity index (χ0) is 33.1. The molecular formula is C35H46F3NO6. The second-order valence-corrected chi connectivity index (χ2v) is 13.1. The number of halogens is 3. The summed E-state index contributed by atoms with van der Waals surface area (Å²) in [4.78, 5) is 29.9. The van der Waals surface area contributed by atoms with Crippen molar-refractivity contribution in [3.05, 3.63) is 64.7 Å². The van der Waals surface area contributed by atoms with Crippen LogP contribution < -0.4 is 4.74 Å². The van der Waals surface area contributed by atoms with E-state index in [1.807, 2.05) is 52.0 Å². The number of rotatable bonds is 9. The number of aryl methyl sites for hydroxylation is 1. The maximum Gasteiger partial charge on any atom is 0.416 e. The van der Waals surface area contributed by atoms with Gasteiger partial charge in [0, 0.05) is 18.4 Å². The second kappa shape index (κ2) is 14.1. The first-order valence-corrected chi connectivity index (χ1v) is 15.7. The molecule has 4 rings (SSSR count). The highest BCUT2D eigenvalue weighted by molar-refractivity contribution is 5.89. The summed E-state index contributed by atoms with van der Waals surface area (Å²) in [7, 11) is 1.42. The molecule has 0 aromatic heterocycles. The van der Waals surface area contributed by atoms with Crippen LogP contribution >= 0.6 is 0 Å². The predicted molar refractivity (Wildman–Crippen MR) is 164 cm³/mol. The monoisotopic (exact) mass is 633 g/mol. The SMILES string of the molecule is CCOC(=O)[C@@H]1[C@@H](C(C)(C)C)[C@H](OC[C@@H](C)c2cc(C(F)(F)F)ccc2OC)[C@H](c2ccccc2C)N1C(=O)[C@@H]1CCCCO1. The normalized spacial score (nSPS) is 24.8. The number of esters is 1. The Hall–Kier alpha value is -3.11. The number of hydrogen-bond donors (Lipinski definition) is 0. The van der Waals surface area contributed by atoms with Crippen molar-refractivity contribution in [3.8, 4) is 5.75 Å². The third-order valence-electron chi connectivity index (χ3n) is 8.98. The van der Waals surface area contributed by atoms with Crippen LogP contribution in [0.4, 0.5) is 13.2 Å². The van der Waals surface area contributed by atoms with Crippen LogP contribution in [-0.4, -0.2) is 62.0 Å². The molecule has 2 aliphatic heterocycles. The van der Waals surface area contributed by atoms with Gasteiger partial charge >= 0.3 is 12.1 Å². The predicted octanol–water partition coefficient (Wildman–Crippen LogP) is 7.26. The van der Waals surface area contributed by atoms with E-state index in [4.69, 9.17) is 18.9 Å². The molecule has 45 heavy (non-hydrogen) atoms. The van der Waals surface area contributed by atoms with Crippen LogP contribution in [0.1, 0.15) is 88.1 Å². The van der Waals surface area contributed by atoms with Gasteiger partial charge in [0.15, 0.2) is 0 Å². The van der Waals surface area contributed by atoms with Gasteiger partial charge in [-0.3, -0.25) is 4.79 Å². The van der Waals surface area contributed by atoms with Gasteiger partial charge in [0.1, 0.15) is 17.9 Å². The molecule has 0 spiro atoms. The van der Waals surface area contributed by atoms with E-state index in [1.54, 1.807) is 18.7 Å². The van der Waals surface area contributed by atoms with Gasteiger partial charge in [0.05, 0.1) is 38.0 Å². The molecule has 0 unspecified atom stereocenters. The number of amides is 1. The molecule has 2 heterocycles. The number of alkyl halides is 3. The lowest BCUT2D eigenvalue weighted by molar-refractivity contribution is -0.162. The minimum absolute atomic E-state index is 0.0226. The van der Waals surface area contributed by atoms with E-state index in [2.05, 4.69) is 0 Å². The first-order chi connectivity index (χ1) is 21.2. The van der Waals surface area contributed by atoms with Crippen molar-refractivity contribution in [3.63, 3.8) is 0 Å². The fourth-order valence-electron chi connectivity index (χ4n) is 6.79. The number of ether oxygens (including phenoxy) is 4. The lowest BCUT2D eigenvalue weighted by Crippen LogP contribution is -2.51. The Bertz CT molecular complexity index is 1330. The molecule has 248 valence electrons. The summed E-state index contributed by atoms with van der Waals surface area (Å²) >= 11 is 0.